The Morgan fingerprint density at radius 3 is 2.33 bits per heavy atom. The lowest BCUT2D eigenvalue weighted by Gasteiger charge is -2.19. The van der Waals surface area contributed by atoms with E-state index >= 15 is 0 Å². The molecule has 1 aliphatic heterocycles. The van der Waals surface area contributed by atoms with E-state index in [2.05, 4.69) is 5.32 Å². The first-order valence-electron chi connectivity index (χ1n) is 8.76. The first kappa shape index (κ1) is 20.1. The summed E-state index contributed by atoms with van der Waals surface area (Å²) in [4.78, 5) is 28.2. The summed E-state index contributed by atoms with van der Waals surface area (Å²) in [5.74, 6) is -0.268. The molecule has 1 unspecified atom stereocenters. The molecule has 7 heteroatoms. The van der Waals surface area contributed by atoms with Crippen LogP contribution in [-0.2, 0) is 4.79 Å². The molecule has 1 aliphatic rings. The summed E-state index contributed by atoms with van der Waals surface area (Å²) in [6.45, 7) is 3.30. The fraction of sp³-hybridized carbons (Fsp3) is 0.300. The second-order valence-electron chi connectivity index (χ2n) is 6.39. The molecular formula is C20H20Cl2N2O2S. The van der Waals surface area contributed by atoms with E-state index in [0.29, 0.717) is 21.3 Å². The van der Waals surface area contributed by atoms with Gasteiger partial charge in [-0.15, -0.1) is 11.8 Å². The Morgan fingerprint density at radius 2 is 1.67 bits per heavy atom. The monoisotopic (exact) mass is 422 g/mol. The number of hydrogen-bond donors (Lipinski definition) is 1. The molecule has 3 rings (SSSR count). The SMILES string of the molecule is CC(Sc1ccc(Cl)cc1)C(=O)Nc1ccc(Cl)cc1C(=O)N1CCCC1. The number of carbonyl (C=O) groups excluding carboxylic acids is 2. The highest BCUT2D eigenvalue weighted by atomic mass is 35.5. The van der Waals surface area contributed by atoms with Gasteiger partial charge in [0.05, 0.1) is 16.5 Å². The van der Waals surface area contributed by atoms with E-state index in [4.69, 9.17) is 23.2 Å². The van der Waals surface area contributed by atoms with Gasteiger partial charge in [0.2, 0.25) is 5.91 Å². The predicted octanol–water partition coefficient (Wildman–Crippen LogP) is 5.35. The normalized spacial score (nSPS) is 14.9. The quantitative estimate of drug-likeness (QED) is 0.660. The minimum atomic E-state index is -0.336. The number of likely N-dealkylation sites (tertiary alicyclic amines) is 1. The molecule has 27 heavy (non-hydrogen) atoms. The molecule has 0 bridgehead atoms. The van der Waals surface area contributed by atoms with Gasteiger partial charge in [0.25, 0.3) is 5.91 Å². The van der Waals surface area contributed by atoms with E-state index in [9.17, 15) is 9.59 Å². The van der Waals surface area contributed by atoms with E-state index in [-0.39, 0.29) is 17.1 Å². The van der Waals surface area contributed by atoms with Crippen LogP contribution in [0.4, 0.5) is 5.69 Å². The van der Waals surface area contributed by atoms with Gasteiger partial charge >= 0.3 is 0 Å². The molecule has 2 aromatic carbocycles. The lowest BCUT2D eigenvalue weighted by molar-refractivity contribution is -0.115. The molecule has 1 atom stereocenters. The number of carbonyl (C=O) groups is 2. The van der Waals surface area contributed by atoms with Crippen molar-refractivity contribution in [3.63, 3.8) is 0 Å². The van der Waals surface area contributed by atoms with Gasteiger partial charge in [-0.1, -0.05) is 23.2 Å². The first-order chi connectivity index (χ1) is 12.9. The van der Waals surface area contributed by atoms with Crippen molar-refractivity contribution in [2.45, 2.75) is 29.9 Å². The topological polar surface area (TPSA) is 49.4 Å². The van der Waals surface area contributed by atoms with E-state index in [1.54, 1.807) is 35.2 Å². The van der Waals surface area contributed by atoms with Gasteiger partial charge in [0.1, 0.15) is 0 Å². The van der Waals surface area contributed by atoms with Gasteiger partial charge < -0.3 is 10.2 Å². The van der Waals surface area contributed by atoms with Crippen LogP contribution in [0.2, 0.25) is 10.0 Å². The summed E-state index contributed by atoms with van der Waals surface area (Å²) in [7, 11) is 0. The number of rotatable bonds is 5. The number of anilines is 1. The zero-order valence-electron chi connectivity index (χ0n) is 14.9. The Balaban J connectivity index is 1.73. The third kappa shape index (κ3) is 5.18. The summed E-state index contributed by atoms with van der Waals surface area (Å²) in [6, 6.07) is 12.3. The Kier molecular flexibility index (Phi) is 6.68. The molecule has 1 fully saturated rings. The average molecular weight is 423 g/mol. The Morgan fingerprint density at radius 1 is 1.04 bits per heavy atom. The molecule has 0 aliphatic carbocycles. The second kappa shape index (κ2) is 9.00. The average Bonchev–Trinajstić information content (AvgIpc) is 3.19. The Bertz CT molecular complexity index is 836. The predicted molar refractivity (Wildman–Crippen MR) is 112 cm³/mol. The molecule has 0 saturated carbocycles. The fourth-order valence-corrected chi connectivity index (χ4v) is 4.06. The summed E-state index contributed by atoms with van der Waals surface area (Å²) in [6.07, 6.45) is 2.01. The highest BCUT2D eigenvalue weighted by Crippen LogP contribution is 2.28. The Hall–Kier alpha value is -1.69. The van der Waals surface area contributed by atoms with Gasteiger partial charge in [-0.25, -0.2) is 0 Å². The van der Waals surface area contributed by atoms with Crippen LogP contribution in [0.5, 0.6) is 0 Å². The number of thioether (sulfide) groups is 1. The lowest BCUT2D eigenvalue weighted by atomic mass is 10.1. The summed E-state index contributed by atoms with van der Waals surface area (Å²) in [5.41, 5.74) is 0.922. The fourth-order valence-electron chi connectivity index (χ4n) is 2.90. The highest BCUT2D eigenvalue weighted by Gasteiger charge is 2.24. The standard InChI is InChI=1S/C20H20Cl2N2O2S/c1-13(27-16-7-4-14(21)5-8-16)19(25)23-18-9-6-15(22)12-17(18)20(26)24-10-2-3-11-24/h4-9,12-13H,2-3,10-11H2,1H3,(H,23,25). The number of amides is 2. The van der Waals surface area contributed by atoms with Crippen molar-refractivity contribution in [1.29, 1.82) is 0 Å². The van der Waals surface area contributed by atoms with E-state index in [0.717, 1.165) is 30.8 Å². The number of nitrogens with one attached hydrogen (secondary N) is 1. The Labute approximate surface area is 173 Å². The molecule has 142 valence electrons. The van der Waals surface area contributed by atoms with Gasteiger partial charge in [-0.3, -0.25) is 9.59 Å². The number of nitrogens with zero attached hydrogens (tertiary/aromatic N) is 1. The van der Waals surface area contributed by atoms with Crippen LogP contribution in [-0.4, -0.2) is 35.1 Å². The van der Waals surface area contributed by atoms with Crippen LogP contribution < -0.4 is 5.32 Å². The van der Waals surface area contributed by atoms with E-state index in [1.165, 1.54) is 11.8 Å². The molecule has 2 aromatic rings. The summed E-state index contributed by atoms with van der Waals surface area (Å²) >= 11 is 13.4. The van der Waals surface area contributed by atoms with Crippen molar-refractivity contribution in [3.8, 4) is 0 Å². The maximum absolute atomic E-state index is 12.8. The number of halogens is 2. The van der Waals surface area contributed by atoms with Crippen molar-refractivity contribution in [2.75, 3.05) is 18.4 Å². The zero-order valence-corrected chi connectivity index (χ0v) is 17.2. The van der Waals surface area contributed by atoms with E-state index in [1.807, 2.05) is 19.1 Å². The third-order valence-corrected chi connectivity index (χ3v) is 5.96. The third-order valence-electron chi connectivity index (χ3n) is 4.36. The van der Waals surface area contributed by atoms with Gasteiger partial charge in [0.15, 0.2) is 0 Å². The zero-order chi connectivity index (χ0) is 19.4. The van der Waals surface area contributed by atoms with Crippen molar-refractivity contribution >= 4 is 52.5 Å². The van der Waals surface area contributed by atoms with Gasteiger partial charge in [-0.05, 0) is 62.2 Å². The molecule has 4 nitrogen and oxygen atoms in total. The molecule has 2 amide bonds. The highest BCUT2D eigenvalue weighted by molar-refractivity contribution is 8.00. The maximum atomic E-state index is 12.8. The molecule has 1 saturated heterocycles. The van der Waals surface area contributed by atoms with Crippen molar-refractivity contribution in [2.24, 2.45) is 0 Å². The molecule has 0 aromatic heterocycles. The van der Waals surface area contributed by atoms with Crippen LogP contribution >= 0.6 is 35.0 Å². The van der Waals surface area contributed by atoms with Crippen molar-refractivity contribution in [3.05, 3.63) is 58.1 Å². The summed E-state index contributed by atoms with van der Waals surface area (Å²) < 4.78 is 0. The molecular weight excluding hydrogens is 403 g/mol. The smallest absolute Gasteiger partial charge is 0.256 e. The maximum Gasteiger partial charge on any atom is 0.256 e. The van der Waals surface area contributed by atoms with Crippen LogP contribution in [0, 0.1) is 0 Å². The molecule has 0 radical (unpaired) electrons. The molecule has 1 heterocycles. The van der Waals surface area contributed by atoms with Crippen LogP contribution in [0.15, 0.2) is 47.4 Å². The molecule has 1 N–H and O–H groups in total. The van der Waals surface area contributed by atoms with Crippen molar-refractivity contribution < 1.29 is 9.59 Å². The first-order valence-corrected chi connectivity index (χ1v) is 10.4. The largest absolute Gasteiger partial charge is 0.339 e. The van der Waals surface area contributed by atoms with Crippen LogP contribution in [0.3, 0.4) is 0 Å². The number of benzene rings is 2. The van der Waals surface area contributed by atoms with Gasteiger partial charge in [-0.2, -0.15) is 0 Å². The molecule has 0 spiro atoms. The van der Waals surface area contributed by atoms with Crippen molar-refractivity contribution in [1.82, 2.24) is 4.90 Å². The minimum absolute atomic E-state index is 0.0942. The summed E-state index contributed by atoms with van der Waals surface area (Å²) in [5, 5.41) is 3.67. The second-order valence-corrected chi connectivity index (χ2v) is 8.68. The minimum Gasteiger partial charge on any atom is -0.339 e. The van der Waals surface area contributed by atoms with Gasteiger partial charge in [0, 0.05) is 28.0 Å². The van der Waals surface area contributed by atoms with E-state index < -0.39 is 0 Å². The van der Waals surface area contributed by atoms with Crippen LogP contribution in [0.25, 0.3) is 0 Å². The van der Waals surface area contributed by atoms with Crippen LogP contribution in [0.1, 0.15) is 30.1 Å². The number of hydrogen-bond acceptors (Lipinski definition) is 3. The lowest BCUT2D eigenvalue weighted by Crippen LogP contribution is -2.30.